The van der Waals surface area contributed by atoms with Crippen LogP contribution in [-0.4, -0.2) is 57.2 Å². The second-order valence-electron chi connectivity index (χ2n) is 7.89. The Bertz CT molecular complexity index is 1190. The Kier molecular flexibility index (Phi) is 5.51. The fourth-order valence-corrected chi connectivity index (χ4v) is 3.72. The van der Waals surface area contributed by atoms with Gasteiger partial charge in [-0.15, -0.1) is 0 Å². The van der Waals surface area contributed by atoms with Crippen molar-refractivity contribution in [1.29, 1.82) is 0 Å². The Hall–Kier alpha value is -3.78. The summed E-state index contributed by atoms with van der Waals surface area (Å²) < 4.78 is 10.8. The van der Waals surface area contributed by atoms with Gasteiger partial charge in [-0.25, -0.2) is 0 Å². The molecule has 0 bridgehead atoms. The number of hydrogen-bond donors (Lipinski definition) is 0. The predicted molar refractivity (Wildman–Crippen MR) is 118 cm³/mol. The van der Waals surface area contributed by atoms with Gasteiger partial charge < -0.3 is 13.9 Å². The van der Waals surface area contributed by atoms with Gasteiger partial charge >= 0.3 is 0 Å². The van der Waals surface area contributed by atoms with Crippen molar-refractivity contribution in [1.82, 2.24) is 25.1 Å². The normalized spacial score (nSPS) is 14.6. The monoisotopic (exact) mass is 429 g/mol. The van der Waals surface area contributed by atoms with Crippen molar-refractivity contribution in [3.8, 4) is 22.6 Å². The lowest BCUT2D eigenvalue weighted by Crippen LogP contribution is -2.48. The van der Waals surface area contributed by atoms with Gasteiger partial charge in [0.2, 0.25) is 17.5 Å². The molecule has 162 valence electrons. The van der Waals surface area contributed by atoms with Crippen LogP contribution in [0.1, 0.15) is 22.0 Å². The molecule has 2 aromatic carbocycles. The second kappa shape index (κ2) is 8.76. The summed E-state index contributed by atoms with van der Waals surface area (Å²) in [7, 11) is 0. The SMILES string of the molecule is Cc1ccc(-c2noc(CN3CCN(C(=O)c4cc(-c5ccccc5)no4)CC3)n2)cc1. The molecule has 3 heterocycles. The van der Waals surface area contributed by atoms with Crippen LogP contribution in [0.4, 0.5) is 0 Å². The van der Waals surface area contributed by atoms with E-state index in [-0.39, 0.29) is 11.7 Å². The van der Waals surface area contributed by atoms with Crippen molar-refractivity contribution in [2.75, 3.05) is 26.2 Å². The third-order valence-corrected chi connectivity index (χ3v) is 5.59. The van der Waals surface area contributed by atoms with Crippen molar-refractivity contribution in [3.05, 3.63) is 77.9 Å². The van der Waals surface area contributed by atoms with E-state index in [1.807, 2.05) is 61.5 Å². The number of carbonyl (C=O) groups excluding carboxylic acids is 1. The summed E-state index contributed by atoms with van der Waals surface area (Å²) in [6.45, 7) is 5.22. The number of benzene rings is 2. The zero-order chi connectivity index (χ0) is 21.9. The molecule has 1 saturated heterocycles. The molecule has 0 radical (unpaired) electrons. The standard InChI is InChI=1S/C24H23N5O3/c1-17-7-9-19(10-8-17)23-25-22(32-27-23)16-28-11-13-29(14-12-28)24(30)21-15-20(26-31-21)18-5-3-2-4-6-18/h2-10,15H,11-14,16H2,1H3. The van der Waals surface area contributed by atoms with Gasteiger partial charge in [-0.05, 0) is 6.92 Å². The molecule has 1 fully saturated rings. The first-order chi connectivity index (χ1) is 15.7. The van der Waals surface area contributed by atoms with Gasteiger partial charge in [0.15, 0.2) is 0 Å². The van der Waals surface area contributed by atoms with Crippen LogP contribution in [0, 0.1) is 6.92 Å². The van der Waals surface area contributed by atoms with E-state index in [2.05, 4.69) is 20.2 Å². The van der Waals surface area contributed by atoms with Gasteiger partial charge in [0.05, 0.1) is 6.54 Å². The number of rotatable bonds is 5. The summed E-state index contributed by atoms with van der Waals surface area (Å²) in [6.07, 6.45) is 0. The second-order valence-corrected chi connectivity index (χ2v) is 7.89. The summed E-state index contributed by atoms with van der Waals surface area (Å²) in [5, 5.41) is 8.14. The van der Waals surface area contributed by atoms with E-state index >= 15 is 0 Å². The molecular weight excluding hydrogens is 406 g/mol. The van der Waals surface area contributed by atoms with Crippen LogP contribution >= 0.6 is 0 Å². The summed E-state index contributed by atoms with van der Waals surface area (Å²) in [6, 6.07) is 19.4. The predicted octanol–water partition coefficient (Wildman–Crippen LogP) is 3.66. The van der Waals surface area contributed by atoms with Gasteiger partial charge in [-0.3, -0.25) is 9.69 Å². The third-order valence-electron chi connectivity index (χ3n) is 5.59. The van der Waals surface area contributed by atoms with Crippen LogP contribution in [0.3, 0.4) is 0 Å². The minimum Gasteiger partial charge on any atom is -0.350 e. The molecular formula is C24H23N5O3. The summed E-state index contributed by atoms with van der Waals surface area (Å²) in [4.78, 5) is 21.3. The molecule has 2 aromatic heterocycles. The van der Waals surface area contributed by atoms with Gasteiger partial charge in [0.25, 0.3) is 5.91 Å². The highest BCUT2D eigenvalue weighted by atomic mass is 16.5. The summed E-state index contributed by atoms with van der Waals surface area (Å²) >= 11 is 0. The Morgan fingerprint density at radius 1 is 0.906 bits per heavy atom. The van der Waals surface area contributed by atoms with E-state index in [4.69, 9.17) is 9.05 Å². The van der Waals surface area contributed by atoms with Crippen LogP contribution < -0.4 is 0 Å². The highest BCUT2D eigenvalue weighted by Crippen LogP contribution is 2.21. The molecule has 0 saturated carbocycles. The van der Waals surface area contributed by atoms with Crippen molar-refractivity contribution >= 4 is 5.91 Å². The maximum absolute atomic E-state index is 12.8. The van der Waals surface area contributed by atoms with E-state index in [9.17, 15) is 4.79 Å². The fourth-order valence-electron chi connectivity index (χ4n) is 3.72. The molecule has 8 heteroatoms. The molecule has 1 amide bonds. The Balaban J connectivity index is 1.17. The number of hydrogen-bond acceptors (Lipinski definition) is 7. The van der Waals surface area contributed by atoms with Crippen molar-refractivity contribution in [3.63, 3.8) is 0 Å². The van der Waals surface area contributed by atoms with Crippen LogP contribution in [0.5, 0.6) is 0 Å². The molecule has 1 aliphatic rings. The Morgan fingerprint density at radius 2 is 1.66 bits per heavy atom. The van der Waals surface area contributed by atoms with E-state index in [1.165, 1.54) is 5.56 Å². The smallest absolute Gasteiger partial charge is 0.292 e. The van der Waals surface area contributed by atoms with Crippen molar-refractivity contribution in [2.45, 2.75) is 13.5 Å². The van der Waals surface area contributed by atoms with E-state index in [0.29, 0.717) is 50.1 Å². The molecule has 0 N–H and O–H groups in total. The van der Waals surface area contributed by atoms with Crippen molar-refractivity contribution < 1.29 is 13.8 Å². The van der Waals surface area contributed by atoms with Crippen molar-refractivity contribution in [2.24, 2.45) is 0 Å². The van der Waals surface area contributed by atoms with Gasteiger partial charge in [-0.1, -0.05) is 70.5 Å². The number of aromatic nitrogens is 3. The largest absolute Gasteiger partial charge is 0.350 e. The minimum absolute atomic E-state index is 0.140. The quantitative estimate of drug-likeness (QED) is 0.478. The van der Waals surface area contributed by atoms with E-state index < -0.39 is 0 Å². The minimum atomic E-state index is -0.140. The van der Waals surface area contributed by atoms with Crippen LogP contribution in [0.25, 0.3) is 22.6 Å². The van der Waals surface area contributed by atoms with Gasteiger partial charge in [-0.2, -0.15) is 4.98 Å². The number of piperazine rings is 1. The molecule has 32 heavy (non-hydrogen) atoms. The molecule has 1 aliphatic heterocycles. The van der Waals surface area contributed by atoms with Gasteiger partial charge in [0, 0.05) is 43.4 Å². The molecule has 0 aliphatic carbocycles. The maximum Gasteiger partial charge on any atom is 0.292 e. The Labute approximate surface area is 185 Å². The van der Waals surface area contributed by atoms with Crippen LogP contribution in [0.15, 0.2) is 69.7 Å². The van der Waals surface area contributed by atoms with Gasteiger partial charge in [0.1, 0.15) is 5.69 Å². The average Bonchev–Trinajstić information content (AvgIpc) is 3.51. The third kappa shape index (κ3) is 4.31. The van der Waals surface area contributed by atoms with Crippen LogP contribution in [-0.2, 0) is 6.54 Å². The first-order valence-electron chi connectivity index (χ1n) is 10.6. The zero-order valence-electron chi connectivity index (χ0n) is 17.8. The van der Waals surface area contributed by atoms with E-state index in [0.717, 1.165) is 11.1 Å². The average molecular weight is 429 g/mol. The summed E-state index contributed by atoms with van der Waals surface area (Å²) in [5.41, 5.74) is 3.70. The molecule has 8 nitrogen and oxygen atoms in total. The fraction of sp³-hybridized carbons (Fsp3) is 0.250. The molecule has 4 aromatic rings. The molecule has 0 unspecified atom stereocenters. The molecule has 5 rings (SSSR count). The first-order valence-corrected chi connectivity index (χ1v) is 10.6. The van der Waals surface area contributed by atoms with Crippen LogP contribution in [0.2, 0.25) is 0 Å². The topological polar surface area (TPSA) is 88.5 Å². The number of nitrogens with zero attached hydrogens (tertiary/aromatic N) is 5. The lowest BCUT2D eigenvalue weighted by molar-refractivity contribution is 0.0576. The summed E-state index contributed by atoms with van der Waals surface area (Å²) in [5.74, 6) is 1.28. The Morgan fingerprint density at radius 3 is 2.41 bits per heavy atom. The molecule has 0 spiro atoms. The lowest BCUT2D eigenvalue weighted by atomic mass is 10.1. The number of aryl methyl sites for hydroxylation is 1. The number of amides is 1. The zero-order valence-corrected chi connectivity index (χ0v) is 17.8. The lowest BCUT2D eigenvalue weighted by Gasteiger charge is -2.33. The molecule has 0 atom stereocenters. The highest BCUT2D eigenvalue weighted by molar-refractivity contribution is 5.92. The number of carbonyl (C=O) groups is 1. The first kappa shape index (κ1) is 20.1. The van der Waals surface area contributed by atoms with E-state index in [1.54, 1.807) is 11.0 Å². The highest BCUT2D eigenvalue weighted by Gasteiger charge is 2.26. The maximum atomic E-state index is 12.8.